The average Bonchev–Trinajstić information content (AvgIpc) is 3.18. The fraction of sp³-hybridized carbons (Fsp3) is 0.548. The molecule has 4 saturated carbocycles. The van der Waals surface area contributed by atoms with Crippen LogP contribution >= 0.6 is 0 Å². The number of esters is 1. The maximum Gasteiger partial charge on any atom is 0.318 e. The number of unbranched alkanes of at least 4 members (excludes halogenated alkanes) is 1. The van der Waals surface area contributed by atoms with Gasteiger partial charge in [-0.1, -0.05) is 55.0 Å². The van der Waals surface area contributed by atoms with Crippen molar-refractivity contribution in [2.45, 2.75) is 69.2 Å². The van der Waals surface area contributed by atoms with Crippen molar-refractivity contribution in [2.75, 3.05) is 13.2 Å². The highest BCUT2D eigenvalue weighted by Gasteiger charge is 2.52. The Morgan fingerprint density at radius 2 is 1.44 bits per heavy atom. The number of hydrogen-bond donors (Lipinski definition) is 2. The second kappa shape index (κ2) is 9.66. The van der Waals surface area contributed by atoms with E-state index in [2.05, 4.69) is 29.6 Å². The molecule has 4 bridgehead atoms. The van der Waals surface area contributed by atoms with Crippen LogP contribution in [0.15, 0.2) is 48.5 Å². The first-order valence-electron chi connectivity index (χ1n) is 13.9. The molecule has 36 heavy (non-hydrogen) atoms. The maximum absolute atomic E-state index is 13.6. The van der Waals surface area contributed by atoms with Gasteiger partial charge in [-0.25, -0.2) is 0 Å². The van der Waals surface area contributed by atoms with Crippen molar-refractivity contribution < 1.29 is 14.3 Å². The summed E-state index contributed by atoms with van der Waals surface area (Å²) in [5.74, 6) is 0.918. The summed E-state index contributed by atoms with van der Waals surface area (Å²) in [6, 6.07) is 16.7. The molecule has 5 aliphatic rings. The number of carbonyl (C=O) groups excluding carboxylic acids is 2. The topological polar surface area (TPSA) is 81.4 Å². The first-order chi connectivity index (χ1) is 17.5. The molecule has 0 aliphatic heterocycles. The van der Waals surface area contributed by atoms with Crippen molar-refractivity contribution in [3.05, 3.63) is 59.7 Å². The van der Waals surface area contributed by atoms with Crippen LogP contribution < -0.4 is 11.1 Å². The number of carbonyl (C=O) groups is 2. The highest BCUT2D eigenvalue weighted by Crippen LogP contribution is 2.55. The number of rotatable bonds is 9. The largest absolute Gasteiger partial charge is 0.464 e. The van der Waals surface area contributed by atoms with E-state index in [1.807, 2.05) is 24.3 Å². The molecule has 5 heteroatoms. The summed E-state index contributed by atoms with van der Waals surface area (Å²) in [5, 5.41) is 3.42. The first kappa shape index (κ1) is 23.7. The molecular formula is C31H38N2O3. The van der Waals surface area contributed by atoms with Gasteiger partial charge in [-0.3, -0.25) is 9.59 Å². The number of ether oxygens (including phenoxy) is 1. The fourth-order valence-corrected chi connectivity index (χ4v) is 8.17. The Balaban J connectivity index is 1.16. The molecule has 190 valence electrons. The van der Waals surface area contributed by atoms with Crippen molar-refractivity contribution >= 4 is 11.9 Å². The summed E-state index contributed by atoms with van der Waals surface area (Å²) < 4.78 is 5.94. The third-order valence-corrected chi connectivity index (χ3v) is 9.33. The van der Waals surface area contributed by atoms with Gasteiger partial charge in [0.05, 0.1) is 0 Å². The van der Waals surface area contributed by atoms with E-state index in [9.17, 15) is 9.59 Å². The third kappa shape index (κ3) is 4.36. The summed E-state index contributed by atoms with van der Waals surface area (Å²) >= 11 is 0. The molecule has 1 unspecified atom stereocenters. The molecule has 3 N–H and O–H groups in total. The lowest BCUT2D eigenvalue weighted by Crippen LogP contribution is -2.61. The maximum atomic E-state index is 13.6. The molecule has 1 atom stereocenters. The molecule has 7 rings (SSSR count). The van der Waals surface area contributed by atoms with E-state index in [1.54, 1.807) is 0 Å². The normalized spacial score (nSPS) is 28.4. The van der Waals surface area contributed by atoms with E-state index in [0.717, 1.165) is 49.9 Å². The fourth-order valence-electron chi connectivity index (χ4n) is 8.17. The Labute approximate surface area is 214 Å². The van der Waals surface area contributed by atoms with Gasteiger partial charge in [-0.05, 0) is 97.9 Å². The van der Waals surface area contributed by atoms with Gasteiger partial charge in [0.25, 0.3) is 0 Å². The molecule has 5 aliphatic carbocycles. The third-order valence-electron chi connectivity index (χ3n) is 9.33. The van der Waals surface area contributed by atoms with Crippen molar-refractivity contribution in [3.63, 3.8) is 0 Å². The van der Waals surface area contributed by atoms with E-state index in [-0.39, 0.29) is 24.0 Å². The molecule has 0 aromatic heterocycles. The van der Waals surface area contributed by atoms with Crippen LogP contribution in [0.4, 0.5) is 0 Å². The lowest BCUT2D eigenvalue weighted by Gasteiger charge is -2.57. The van der Waals surface area contributed by atoms with E-state index < -0.39 is 11.9 Å². The minimum atomic E-state index is -0.767. The van der Waals surface area contributed by atoms with Crippen LogP contribution in [0.2, 0.25) is 0 Å². The minimum absolute atomic E-state index is 0.00254. The average molecular weight is 487 g/mol. The zero-order chi connectivity index (χ0) is 24.7. The minimum Gasteiger partial charge on any atom is -0.464 e. The Hall–Kier alpha value is -2.66. The lowest BCUT2D eigenvalue weighted by molar-refractivity contribution is -0.154. The molecule has 2 aromatic rings. The first-order valence-corrected chi connectivity index (χ1v) is 13.9. The number of hydrogen-bond acceptors (Lipinski definition) is 4. The predicted molar refractivity (Wildman–Crippen MR) is 140 cm³/mol. The lowest BCUT2D eigenvalue weighted by atomic mass is 9.53. The highest BCUT2D eigenvalue weighted by atomic mass is 16.5. The molecule has 0 spiro atoms. The smallest absolute Gasteiger partial charge is 0.318 e. The predicted octanol–water partition coefficient (Wildman–Crippen LogP) is 5.17. The van der Waals surface area contributed by atoms with Crippen molar-refractivity contribution in [2.24, 2.45) is 29.4 Å². The van der Waals surface area contributed by atoms with E-state index in [0.29, 0.717) is 13.0 Å². The Morgan fingerprint density at radius 3 is 2.00 bits per heavy atom. The molecule has 2 aromatic carbocycles. The van der Waals surface area contributed by atoms with Crippen LogP contribution in [0.5, 0.6) is 0 Å². The summed E-state index contributed by atoms with van der Waals surface area (Å²) in [5.41, 5.74) is 10.4. The van der Waals surface area contributed by atoms with Gasteiger partial charge in [0.1, 0.15) is 12.5 Å². The molecule has 0 radical (unpaired) electrons. The van der Waals surface area contributed by atoms with Gasteiger partial charge in [-0.2, -0.15) is 0 Å². The van der Waals surface area contributed by atoms with Gasteiger partial charge in [0.2, 0.25) is 5.91 Å². The summed E-state index contributed by atoms with van der Waals surface area (Å²) in [6.45, 7) is 0.818. The number of fused-ring (bicyclic) bond motifs is 3. The Morgan fingerprint density at radius 1 is 0.889 bits per heavy atom. The van der Waals surface area contributed by atoms with Gasteiger partial charge in [-0.15, -0.1) is 0 Å². The summed E-state index contributed by atoms with van der Waals surface area (Å²) in [4.78, 5) is 27.0. The Kier molecular flexibility index (Phi) is 6.37. The molecule has 0 saturated heterocycles. The quantitative estimate of drug-likeness (QED) is 0.291. The number of benzene rings is 2. The zero-order valence-electron chi connectivity index (χ0n) is 21.1. The molecule has 0 heterocycles. The van der Waals surface area contributed by atoms with Gasteiger partial charge in [0.15, 0.2) is 0 Å². The van der Waals surface area contributed by atoms with Crippen LogP contribution in [-0.4, -0.2) is 30.6 Å². The highest BCUT2D eigenvalue weighted by molar-refractivity contribution is 5.98. The molecular weight excluding hydrogens is 448 g/mol. The Bertz CT molecular complexity index is 1060. The monoisotopic (exact) mass is 486 g/mol. The summed E-state index contributed by atoms with van der Waals surface area (Å²) in [6.07, 6.45) is 9.23. The number of nitrogens with two attached hydrogens (primary N) is 1. The van der Waals surface area contributed by atoms with Gasteiger partial charge in [0, 0.05) is 11.5 Å². The van der Waals surface area contributed by atoms with Gasteiger partial charge < -0.3 is 15.8 Å². The molecule has 4 fully saturated rings. The standard InChI is InChI=1S/C31H38N2O3/c32-12-6-5-11-27(29(34)33-31-16-20-13-21(17-31)15-22(14-20)18-31)30(35)36-19-28-25-9-3-1-7-23(25)24-8-2-4-10-26(24)28/h1-4,7-10,20-22,27-28H,5-6,11-19,32H2,(H,33,34). The number of amides is 1. The summed E-state index contributed by atoms with van der Waals surface area (Å²) in [7, 11) is 0. The molecule has 1 amide bonds. The second-order valence-electron chi connectivity index (χ2n) is 11.9. The van der Waals surface area contributed by atoms with Crippen LogP contribution in [0.1, 0.15) is 74.8 Å². The number of nitrogens with one attached hydrogen (secondary N) is 1. The van der Waals surface area contributed by atoms with Crippen molar-refractivity contribution in [3.8, 4) is 11.1 Å². The van der Waals surface area contributed by atoms with E-state index in [1.165, 1.54) is 41.5 Å². The van der Waals surface area contributed by atoms with E-state index in [4.69, 9.17) is 10.5 Å². The SMILES string of the molecule is NCCCCC(C(=O)NC12CC3CC(CC(C3)C1)C2)C(=O)OCC1c2ccccc2-c2ccccc21. The zero-order valence-corrected chi connectivity index (χ0v) is 21.1. The van der Waals surface area contributed by atoms with Crippen molar-refractivity contribution in [1.82, 2.24) is 5.32 Å². The second-order valence-corrected chi connectivity index (χ2v) is 11.9. The van der Waals surface area contributed by atoms with E-state index >= 15 is 0 Å². The van der Waals surface area contributed by atoms with Crippen LogP contribution in [0.3, 0.4) is 0 Å². The van der Waals surface area contributed by atoms with Crippen molar-refractivity contribution in [1.29, 1.82) is 0 Å². The van der Waals surface area contributed by atoms with Crippen LogP contribution in [-0.2, 0) is 14.3 Å². The van der Waals surface area contributed by atoms with Crippen LogP contribution in [0, 0.1) is 23.7 Å². The van der Waals surface area contributed by atoms with Gasteiger partial charge >= 0.3 is 5.97 Å². The van der Waals surface area contributed by atoms with Crippen LogP contribution in [0.25, 0.3) is 11.1 Å². The molecule has 5 nitrogen and oxygen atoms in total.